The zero-order valence-electron chi connectivity index (χ0n) is 10.8. The van der Waals surface area contributed by atoms with E-state index in [-0.39, 0.29) is 17.7 Å². The van der Waals surface area contributed by atoms with Gasteiger partial charge in [0.2, 0.25) is 0 Å². The third-order valence-electron chi connectivity index (χ3n) is 2.71. The molecule has 0 spiro atoms. The van der Waals surface area contributed by atoms with Crippen molar-refractivity contribution in [1.82, 2.24) is 5.32 Å². The van der Waals surface area contributed by atoms with Crippen molar-refractivity contribution >= 4 is 5.97 Å². The maximum absolute atomic E-state index is 13.5. The molecule has 0 fully saturated rings. The molecule has 0 saturated heterocycles. The minimum atomic E-state index is -1.06. The van der Waals surface area contributed by atoms with E-state index in [1.165, 1.54) is 18.2 Å². The lowest BCUT2D eigenvalue weighted by Gasteiger charge is -2.23. The van der Waals surface area contributed by atoms with Crippen molar-refractivity contribution in [3.8, 4) is 0 Å². The zero-order chi connectivity index (χ0) is 13.8. The molecular weight excluding hydrogens is 237 g/mol. The van der Waals surface area contributed by atoms with E-state index in [1.807, 2.05) is 13.8 Å². The number of aromatic carboxylic acids is 1. The van der Waals surface area contributed by atoms with Gasteiger partial charge >= 0.3 is 5.97 Å². The molecule has 0 aliphatic rings. The van der Waals surface area contributed by atoms with Crippen LogP contribution < -0.4 is 5.32 Å². The van der Waals surface area contributed by atoms with E-state index in [1.54, 1.807) is 7.11 Å². The van der Waals surface area contributed by atoms with Crippen molar-refractivity contribution in [2.24, 2.45) is 0 Å². The van der Waals surface area contributed by atoms with E-state index in [0.29, 0.717) is 12.1 Å². The van der Waals surface area contributed by atoms with Gasteiger partial charge in [0.1, 0.15) is 5.82 Å². The smallest absolute Gasteiger partial charge is 0.335 e. The fourth-order valence-electron chi connectivity index (χ4n) is 1.41. The van der Waals surface area contributed by atoms with Crippen LogP contribution >= 0.6 is 0 Å². The molecule has 100 valence electrons. The molecule has 1 aromatic rings. The lowest BCUT2D eigenvalue weighted by atomic mass is 10.1. The van der Waals surface area contributed by atoms with Crippen LogP contribution in [0.1, 0.15) is 29.8 Å². The number of nitrogens with one attached hydrogen (secondary N) is 1. The summed E-state index contributed by atoms with van der Waals surface area (Å²) >= 11 is 0. The summed E-state index contributed by atoms with van der Waals surface area (Å²) in [5.74, 6) is -1.48. The van der Waals surface area contributed by atoms with Gasteiger partial charge in [0.25, 0.3) is 0 Å². The highest BCUT2D eigenvalue weighted by atomic mass is 19.1. The molecule has 0 heterocycles. The Kier molecular flexibility index (Phi) is 4.81. The van der Waals surface area contributed by atoms with E-state index >= 15 is 0 Å². The molecule has 0 aromatic heterocycles. The Bertz CT molecular complexity index is 432. The number of ether oxygens (including phenoxy) is 1. The third-order valence-corrected chi connectivity index (χ3v) is 2.71. The second-order valence-corrected chi connectivity index (χ2v) is 4.68. The molecule has 2 N–H and O–H groups in total. The number of carbonyl (C=O) groups is 1. The Balaban J connectivity index is 2.67. The van der Waals surface area contributed by atoms with Crippen LogP contribution in [-0.4, -0.2) is 30.3 Å². The van der Waals surface area contributed by atoms with Crippen molar-refractivity contribution in [2.45, 2.75) is 26.0 Å². The van der Waals surface area contributed by atoms with Crippen LogP contribution in [0.4, 0.5) is 4.39 Å². The maximum Gasteiger partial charge on any atom is 0.335 e. The Morgan fingerprint density at radius 1 is 1.50 bits per heavy atom. The number of methoxy groups -OCH3 is 1. The van der Waals surface area contributed by atoms with Gasteiger partial charge in [-0.25, -0.2) is 9.18 Å². The number of halogens is 1. The quantitative estimate of drug-likeness (QED) is 0.816. The van der Waals surface area contributed by atoms with Crippen molar-refractivity contribution < 1.29 is 19.0 Å². The lowest BCUT2D eigenvalue weighted by Crippen LogP contribution is -2.36. The molecular formula is C13H18FNO3. The minimum absolute atomic E-state index is 0.0826. The summed E-state index contributed by atoms with van der Waals surface area (Å²) in [5, 5.41) is 11.9. The van der Waals surface area contributed by atoms with Gasteiger partial charge in [-0.05, 0) is 32.0 Å². The Morgan fingerprint density at radius 2 is 2.17 bits per heavy atom. The molecule has 0 aliphatic heterocycles. The van der Waals surface area contributed by atoms with Gasteiger partial charge in [-0.15, -0.1) is 0 Å². The van der Waals surface area contributed by atoms with Crippen LogP contribution in [0.15, 0.2) is 18.2 Å². The second kappa shape index (κ2) is 5.93. The maximum atomic E-state index is 13.5. The van der Waals surface area contributed by atoms with E-state index in [0.717, 1.165) is 0 Å². The Labute approximate surface area is 106 Å². The molecule has 0 bridgehead atoms. The molecule has 5 heteroatoms. The zero-order valence-corrected chi connectivity index (χ0v) is 10.8. The Hall–Kier alpha value is -1.46. The molecule has 1 rings (SSSR count). The lowest BCUT2D eigenvalue weighted by molar-refractivity contribution is 0.0230. The predicted octanol–water partition coefficient (Wildman–Crippen LogP) is 2.04. The number of hydrogen-bond donors (Lipinski definition) is 2. The van der Waals surface area contributed by atoms with Gasteiger partial charge in [0.05, 0.1) is 11.2 Å². The topological polar surface area (TPSA) is 58.6 Å². The van der Waals surface area contributed by atoms with Crippen molar-refractivity contribution in [2.75, 3.05) is 13.7 Å². The molecule has 0 atom stereocenters. The first-order valence-electron chi connectivity index (χ1n) is 5.63. The van der Waals surface area contributed by atoms with E-state index in [4.69, 9.17) is 9.84 Å². The summed E-state index contributed by atoms with van der Waals surface area (Å²) in [4.78, 5) is 10.8. The highest BCUT2D eigenvalue weighted by Crippen LogP contribution is 2.11. The van der Waals surface area contributed by atoms with Crippen LogP contribution in [-0.2, 0) is 11.3 Å². The molecule has 18 heavy (non-hydrogen) atoms. The largest absolute Gasteiger partial charge is 0.478 e. The molecule has 4 nitrogen and oxygen atoms in total. The summed E-state index contributed by atoms with van der Waals surface area (Å²) < 4.78 is 18.7. The normalized spacial score (nSPS) is 11.6. The van der Waals surface area contributed by atoms with Gasteiger partial charge in [0.15, 0.2) is 0 Å². The predicted molar refractivity (Wildman–Crippen MR) is 66.2 cm³/mol. The number of rotatable bonds is 6. The number of hydrogen-bond acceptors (Lipinski definition) is 3. The fraction of sp³-hybridized carbons (Fsp3) is 0.462. The summed E-state index contributed by atoms with van der Waals surface area (Å²) in [6, 6.07) is 3.76. The highest BCUT2D eigenvalue weighted by Gasteiger charge is 2.16. The van der Waals surface area contributed by atoms with Gasteiger partial charge in [0, 0.05) is 25.8 Å². The summed E-state index contributed by atoms with van der Waals surface area (Å²) in [6.45, 7) is 4.62. The molecule has 0 unspecified atom stereocenters. The molecule has 0 radical (unpaired) electrons. The van der Waals surface area contributed by atoms with Crippen molar-refractivity contribution in [3.05, 3.63) is 35.1 Å². The highest BCUT2D eigenvalue weighted by molar-refractivity contribution is 5.87. The molecule has 0 saturated carbocycles. The fourth-order valence-corrected chi connectivity index (χ4v) is 1.41. The van der Waals surface area contributed by atoms with Gasteiger partial charge in [-0.3, -0.25) is 0 Å². The minimum Gasteiger partial charge on any atom is -0.478 e. The van der Waals surface area contributed by atoms with Crippen LogP contribution in [0.25, 0.3) is 0 Å². The van der Waals surface area contributed by atoms with E-state index in [9.17, 15) is 9.18 Å². The van der Waals surface area contributed by atoms with Crippen molar-refractivity contribution in [3.63, 3.8) is 0 Å². The Morgan fingerprint density at radius 3 is 2.72 bits per heavy atom. The average molecular weight is 255 g/mol. The molecule has 1 aromatic carbocycles. The summed E-state index contributed by atoms with van der Waals surface area (Å²) in [7, 11) is 1.60. The van der Waals surface area contributed by atoms with Crippen LogP contribution in [0.3, 0.4) is 0 Å². The van der Waals surface area contributed by atoms with E-state index in [2.05, 4.69) is 5.32 Å². The first-order chi connectivity index (χ1) is 8.35. The average Bonchev–Trinajstić information content (AvgIpc) is 2.31. The molecule has 0 amide bonds. The first-order valence-corrected chi connectivity index (χ1v) is 5.63. The standard InChI is InChI=1S/C13H18FNO3/c1-13(2,18-3)8-15-7-10-6-9(12(16)17)4-5-11(10)14/h4-6,15H,7-8H2,1-3H3,(H,16,17). The number of benzene rings is 1. The van der Waals surface area contributed by atoms with Crippen LogP contribution in [0.2, 0.25) is 0 Å². The second-order valence-electron chi connectivity index (χ2n) is 4.68. The number of carboxylic acid groups (broad SMARTS) is 1. The van der Waals surface area contributed by atoms with Gasteiger partial charge in [-0.1, -0.05) is 0 Å². The monoisotopic (exact) mass is 255 g/mol. The molecule has 0 aliphatic carbocycles. The summed E-state index contributed by atoms with van der Waals surface area (Å²) in [5.41, 5.74) is 0.0713. The number of carboxylic acids is 1. The van der Waals surface area contributed by atoms with Crippen molar-refractivity contribution in [1.29, 1.82) is 0 Å². The first kappa shape index (κ1) is 14.6. The third kappa shape index (κ3) is 4.09. The SMILES string of the molecule is COC(C)(C)CNCc1cc(C(=O)O)ccc1F. The van der Waals surface area contributed by atoms with E-state index < -0.39 is 11.8 Å². The van der Waals surface area contributed by atoms with Crippen LogP contribution in [0, 0.1) is 5.82 Å². The van der Waals surface area contributed by atoms with Crippen LogP contribution in [0.5, 0.6) is 0 Å². The van der Waals surface area contributed by atoms with Gasteiger partial charge < -0.3 is 15.2 Å². The van der Waals surface area contributed by atoms with Gasteiger partial charge in [-0.2, -0.15) is 0 Å². The summed E-state index contributed by atoms with van der Waals surface area (Å²) in [6.07, 6.45) is 0.